The molecule has 0 fully saturated rings. The molecule has 1 aromatic heterocycles. The van der Waals surface area contributed by atoms with E-state index in [9.17, 15) is 4.79 Å². The molecule has 5 nitrogen and oxygen atoms in total. The summed E-state index contributed by atoms with van der Waals surface area (Å²) in [6.45, 7) is 8.29. The number of H-pyrrole nitrogens is 1. The Hall–Kier alpha value is -2.14. The summed E-state index contributed by atoms with van der Waals surface area (Å²) >= 11 is 0. The van der Waals surface area contributed by atoms with Gasteiger partial charge in [0.05, 0.1) is 6.42 Å². The first-order chi connectivity index (χ1) is 13.5. The van der Waals surface area contributed by atoms with E-state index in [4.69, 9.17) is 0 Å². The molecular weight excluding hydrogens is 348 g/mol. The molecule has 0 unspecified atom stereocenters. The number of unbranched alkanes of at least 4 members (excludes halogenated alkanes) is 3. The average Bonchev–Trinajstić information content (AvgIpc) is 3.19. The lowest BCUT2D eigenvalue weighted by atomic mass is 9.93. The Morgan fingerprint density at radius 2 is 1.86 bits per heavy atom. The summed E-state index contributed by atoms with van der Waals surface area (Å²) in [5.41, 5.74) is 2.18. The van der Waals surface area contributed by atoms with Crippen molar-refractivity contribution in [3.05, 3.63) is 53.6 Å². The molecule has 2 aromatic rings. The summed E-state index contributed by atoms with van der Waals surface area (Å²) in [7, 11) is 0. The molecule has 0 bridgehead atoms. The normalized spacial score (nSPS) is 11.5. The third kappa shape index (κ3) is 7.85. The van der Waals surface area contributed by atoms with Gasteiger partial charge in [0.1, 0.15) is 5.82 Å². The van der Waals surface area contributed by atoms with Gasteiger partial charge in [-0.1, -0.05) is 50.5 Å². The predicted molar refractivity (Wildman–Crippen MR) is 115 cm³/mol. The van der Waals surface area contributed by atoms with Crippen LogP contribution in [0.2, 0.25) is 0 Å². The standard InChI is InChI=1S/C23H36N4O/c1-4-5-6-7-14-26-22(28)18-19-10-12-20(13-11-19)23(2,3)27-15-8-9-21-24-16-17-25-21/h10-13,16-17,27H,4-9,14-15,18H2,1-3H3,(H,24,25)(H,26,28). The fraction of sp³-hybridized carbons (Fsp3) is 0.565. The van der Waals surface area contributed by atoms with E-state index in [0.29, 0.717) is 6.42 Å². The fourth-order valence-electron chi connectivity index (χ4n) is 3.26. The first-order valence-corrected chi connectivity index (χ1v) is 10.6. The first kappa shape index (κ1) is 22.2. The monoisotopic (exact) mass is 384 g/mol. The van der Waals surface area contributed by atoms with Crippen molar-refractivity contribution in [1.82, 2.24) is 20.6 Å². The largest absolute Gasteiger partial charge is 0.356 e. The summed E-state index contributed by atoms with van der Waals surface area (Å²) in [6.07, 6.45) is 10.8. The topological polar surface area (TPSA) is 69.8 Å². The Balaban J connectivity index is 1.72. The maximum Gasteiger partial charge on any atom is 0.224 e. The highest BCUT2D eigenvalue weighted by Gasteiger charge is 2.19. The van der Waals surface area contributed by atoms with Gasteiger partial charge in [0.15, 0.2) is 0 Å². The average molecular weight is 385 g/mol. The third-order valence-electron chi connectivity index (χ3n) is 5.10. The number of nitrogens with one attached hydrogen (secondary N) is 3. The van der Waals surface area contributed by atoms with Crippen molar-refractivity contribution in [3.8, 4) is 0 Å². The number of hydrogen-bond donors (Lipinski definition) is 3. The number of nitrogens with zero attached hydrogens (tertiary/aromatic N) is 1. The number of imidazole rings is 1. The quantitative estimate of drug-likeness (QED) is 0.455. The molecular formula is C23H36N4O. The third-order valence-corrected chi connectivity index (χ3v) is 5.10. The molecule has 0 atom stereocenters. The van der Waals surface area contributed by atoms with Crippen LogP contribution >= 0.6 is 0 Å². The summed E-state index contributed by atoms with van der Waals surface area (Å²) < 4.78 is 0. The summed E-state index contributed by atoms with van der Waals surface area (Å²) in [5, 5.41) is 6.64. The van der Waals surface area contributed by atoms with Crippen LogP contribution in [0.5, 0.6) is 0 Å². The van der Waals surface area contributed by atoms with Gasteiger partial charge in [-0.3, -0.25) is 4.79 Å². The van der Waals surface area contributed by atoms with Crippen LogP contribution < -0.4 is 10.6 Å². The van der Waals surface area contributed by atoms with Crippen LogP contribution in [0.15, 0.2) is 36.7 Å². The molecule has 1 aromatic carbocycles. The Labute approximate surface area is 169 Å². The van der Waals surface area contributed by atoms with Crippen molar-refractivity contribution in [1.29, 1.82) is 0 Å². The molecule has 0 saturated heterocycles. The minimum absolute atomic E-state index is 0.108. The zero-order valence-electron chi connectivity index (χ0n) is 17.7. The van der Waals surface area contributed by atoms with E-state index in [-0.39, 0.29) is 11.4 Å². The Morgan fingerprint density at radius 3 is 2.54 bits per heavy atom. The number of aromatic amines is 1. The van der Waals surface area contributed by atoms with Crippen molar-refractivity contribution < 1.29 is 4.79 Å². The van der Waals surface area contributed by atoms with Gasteiger partial charge in [-0.15, -0.1) is 0 Å². The molecule has 0 radical (unpaired) electrons. The lowest BCUT2D eigenvalue weighted by Crippen LogP contribution is -2.37. The molecule has 1 amide bonds. The SMILES string of the molecule is CCCCCCNC(=O)Cc1ccc(C(C)(C)NCCCc2ncc[nH]2)cc1. The van der Waals surface area contributed by atoms with E-state index in [1.165, 1.54) is 24.8 Å². The van der Waals surface area contributed by atoms with Crippen LogP contribution in [0.1, 0.15) is 69.8 Å². The highest BCUT2D eigenvalue weighted by Crippen LogP contribution is 2.20. The number of aromatic nitrogens is 2. The number of benzene rings is 1. The van der Waals surface area contributed by atoms with Crippen LogP contribution in [0, 0.1) is 0 Å². The van der Waals surface area contributed by atoms with Crippen LogP contribution in [0.4, 0.5) is 0 Å². The van der Waals surface area contributed by atoms with Gasteiger partial charge in [-0.05, 0) is 44.4 Å². The van der Waals surface area contributed by atoms with Crippen LogP contribution in [0.25, 0.3) is 0 Å². The predicted octanol–water partition coefficient (Wildman–Crippen LogP) is 4.11. The van der Waals surface area contributed by atoms with Crippen LogP contribution in [-0.2, 0) is 23.2 Å². The zero-order valence-corrected chi connectivity index (χ0v) is 17.7. The fourth-order valence-corrected chi connectivity index (χ4v) is 3.26. The lowest BCUT2D eigenvalue weighted by molar-refractivity contribution is -0.120. The van der Waals surface area contributed by atoms with Crippen molar-refractivity contribution >= 4 is 5.91 Å². The molecule has 28 heavy (non-hydrogen) atoms. The number of carbonyl (C=O) groups is 1. The Kier molecular flexibility index (Phi) is 9.21. The lowest BCUT2D eigenvalue weighted by Gasteiger charge is -2.27. The molecule has 0 aliphatic heterocycles. The first-order valence-electron chi connectivity index (χ1n) is 10.6. The minimum atomic E-state index is -0.108. The second-order valence-corrected chi connectivity index (χ2v) is 7.98. The van der Waals surface area contributed by atoms with Gasteiger partial charge >= 0.3 is 0 Å². The molecule has 1 heterocycles. The smallest absolute Gasteiger partial charge is 0.224 e. The number of carbonyl (C=O) groups excluding carboxylic acids is 1. The van der Waals surface area contributed by atoms with Gasteiger partial charge in [-0.25, -0.2) is 4.98 Å². The number of hydrogen-bond acceptors (Lipinski definition) is 3. The van der Waals surface area contributed by atoms with Crippen molar-refractivity contribution in [2.75, 3.05) is 13.1 Å². The van der Waals surface area contributed by atoms with E-state index >= 15 is 0 Å². The molecule has 0 saturated carbocycles. The van der Waals surface area contributed by atoms with Crippen molar-refractivity contribution in [2.45, 2.75) is 71.3 Å². The highest BCUT2D eigenvalue weighted by molar-refractivity contribution is 5.78. The van der Waals surface area contributed by atoms with Crippen molar-refractivity contribution in [2.24, 2.45) is 0 Å². The van der Waals surface area contributed by atoms with E-state index in [2.05, 4.69) is 65.6 Å². The molecule has 0 spiro atoms. The molecule has 0 aliphatic rings. The maximum absolute atomic E-state index is 12.1. The number of rotatable bonds is 13. The Morgan fingerprint density at radius 1 is 1.07 bits per heavy atom. The molecule has 154 valence electrons. The van der Waals surface area contributed by atoms with Crippen LogP contribution in [-0.4, -0.2) is 29.0 Å². The summed E-state index contributed by atoms with van der Waals surface area (Å²) in [6, 6.07) is 8.39. The van der Waals surface area contributed by atoms with E-state index in [0.717, 1.165) is 43.7 Å². The van der Waals surface area contributed by atoms with E-state index in [1.54, 1.807) is 6.20 Å². The van der Waals surface area contributed by atoms with E-state index < -0.39 is 0 Å². The van der Waals surface area contributed by atoms with Gasteiger partial charge in [0, 0.05) is 30.9 Å². The molecule has 2 rings (SSSR count). The second-order valence-electron chi connectivity index (χ2n) is 7.98. The van der Waals surface area contributed by atoms with Gasteiger partial charge < -0.3 is 15.6 Å². The van der Waals surface area contributed by atoms with Gasteiger partial charge in [-0.2, -0.15) is 0 Å². The summed E-state index contributed by atoms with van der Waals surface area (Å²) in [4.78, 5) is 19.5. The highest BCUT2D eigenvalue weighted by atomic mass is 16.1. The van der Waals surface area contributed by atoms with Gasteiger partial charge in [0.2, 0.25) is 5.91 Å². The van der Waals surface area contributed by atoms with Gasteiger partial charge in [0.25, 0.3) is 0 Å². The second kappa shape index (κ2) is 11.6. The molecule has 3 N–H and O–H groups in total. The summed E-state index contributed by atoms with van der Waals surface area (Å²) in [5.74, 6) is 1.15. The maximum atomic E-state index is 12.1. The van der Waals surface area contributed by atoms with Crippen molar-refractivity contribution in [3.63, 3.8) is 0 Å². The zero-order chi connectivity index (χ0) is 20.2. The number of amides is 1. The number of aryl methyl sites for hydroxylation is 1. The Bertz CT molecular complexity index is 677. The van der Waals surface area contributed by atoms with Crippen LogP contribution in [0.3, 0.4) is 0 Å². The molecule has 5 heteroatoms. The minimum Gasteiger partial charge on any atom is -0.356 e. The molecule has 0 aliphatic carbocycles. The van der Waals surface area contributed by atoms with E-state index in [1.807, 2.05) is 6.20 Å².